The van der Waals surface area contributed by atoms with E-state index in [0.717, 1.165) is 11.1 Å². The lowest BCUT2D eigenvalue weighted by atomic mass is 9.74. The summed E-state index contributed by atoms with van der Waals surface area (Å²) in [7, 11) is 0. The van der Waals surface area contributed by atoms with Gasteiger partial charge in [-0.15, -0.1) is 23.2 Å². The van der Waals surface area contributed by atoms with Crippen LogP contribution >= 0.6 is 23.2 Å². The molecule has 0 heterocycles. The maximum absolute atomic E-state index is 12.4. The van der Waals surface area contributed by atoms with Crippen molar-refractivity contribution >= 4 is 35.1 Å². The molecule has 2 aromatic carbocycles. The molecule has 0 saturated heterocycles. The van der Waals surface area contributed by atoms with Gasteiger partial charge in [0.1, 0.15) is 0 Å². The van der Waals surface area contributed by atoms with Gasteiger partial charge >= 0.3 is 11.9 Å². The molecule has 0 unspecified atom stereocenters. The fourth-order valence-corrected chi connectivity index (χ4v) is 4.37. The lowest BCUT2D eigenvalue weighted by Gasteiger charge is -2.26. The second-order valence-electron chi connectivity index (χ2n) is 6.19. The van der Waals surface area contributed by atoms with Gasteiger partial charge in [0.05, 0.1) is 0 Å². The van der Waals surface area contributed by atoms with Crippen LogP contribution in [0.4, 0.5) is 0 Å². The fourth-order valence-electron chi connectivity index (χ4n) is 3.82. The molecule has 0 amide bonds. The van der Waals surface area contributed by atoms with Gasteiger partial charge < -0.3 is 10.2 Å². The number of carboxylic acid groups (broad SMARTS) is 2. The number of alkyl halides is 2. The average molecular weight is 379 g/mol. The van der Waals surface area contributed by atoms with Crippen LogP contribution in [0.1, 0.15) is 33.4 Å². The van der Waals surface area contributed by atoms with Gasteiger partial charge in [-0.25, -0.2) is 0 Å². The normalized spacial score (nSPS) is 14.1. The second kappa shape index (κ2) is 6.04. The van der Waals surface area contributed by atoms with Crippen LogP contribution in [0.15, 0.2) is 24.3 Å². The predicted molar refractivity (Wildman–Crippen MR) is 96.5 cm³/mol. The smallest absolute Gasteiger partial charge is 0.330 e. The van der Waals surface area contributed by atoms with Crippen molar-refractivity contribution < 1.29 is 19.8 Å². The molecule has 2 aromatic rings. The highest BCUT2D eigenvalue weighted by molar-refractivity contribution is 6.20. The SMILES string of the molecule is Cc1cc2c(c(CCl)c1C)C(C(=O)O)(C(=O)O)c1c(CCl)cccc1-2. The second-order valence-corrected chi connectivity index (χ2v) is 6.72. The largest absolute Gasteiger partial charge is 0.480 e. The van der Waals surface area contributed by atoms with Crippen molar-refractivity contribution in [3.63, 3.8) is 0 Å². The Balaban J connectivity index is 2.62. The molecule has 25 heavy (non-hydrogen) atoms. The summed E-state index contributed by atoms with van der Waals surface area (Å²) in [6, 6.07) is 7.00. The van der Waals surface area contributed by atoms with E-state index in [1.807, 2.05) is 19.9 Å². The first-order chi connectivity index (χ1) is 11.8. The molecule has 6 heteroatoms. The summed E-state index contributed by atoms with van der Waals surface area (Å²) in [5.41, 5.74) is 2.25. The number of aryl methyl sites for hydroxylation is 1. The van der Waals surface area contributed by atoms with E-state index in [-0.39, 0.29) is 22.9 Å². The molecular weight excluding hydrogens is 363 g/mol. The number of carbonyl (C=O) groups is 2. The van der Waals surface area contributed by atoms with E-state index in [2.05, 4.69) is 0 Å². The van der Waals surface area contributed by atoms with Crippen LogP contribution in [0.25, 0.3) is 11.1 Å². The van der Waals surface area contributed by atoms with Gasteiger partial charge in [-0.3, -0.25) is 9.59 Å². The van der Waals surface area contributed by atoms with Crippen molar-refractivity contribution in [2.75, 3.05) is 0 Å². The zero-order chi connectivity index (χ0) is 18.5. The lowest BCUT2D eigenvalue weighted by molar-refractivity contribution is -0.155. The zero-order valence-electron chi connectivity index (χ0n) is 13.7. The van der Waals surface area contributed by atoms with Crippen molar-refractivity contribution in [3.8, 4) is 11.1 Å². The van der Waals surface area contributed by atoms with Gasteiger partial charge in [0.25, 0.3) is 0 Å². The van der Waals surface area contributed by atoms with Gasteiger partial charge in [0, 0.05) is 11.8 Å². The Morgan fingerprint density at radius 2 is 1.64 bits per heavy atom. The van der Waals surface area contributed by atoms with Gasteiger partial charge in [-0.1, -0.05) is 24.3 Å². The molecule has 0 atom stereocenters. The number of fused-ring (bicyclic) bond motifs is 3. The zero-order valence-corrected chi connectivity index (χ0v) is 15.2. The summed E-state index contributed by atoms with van der Waals surface area (Å²) >= 11 is 12.1. The molecule has 0 fully saturated rings. The maximum atomic E-state index is 12.4. The highest BCUT2D eigenvalue weighted by Crippen LogP contribution is 2.53. The number of rotatable bonds is 4. The first-order valence-electron chi connectivity index (χ1n) is 7.67. The van der Waals surface area contributed by atoms with E-state index in [4.69, 9.17) is 23.2 Å². The van der Waals surface area contributed by atoms with Crippen molar-refractivity contribution in [2.45, 2.75) is 31.0 Å². The molecule has 0 bridgehead atoms. The van der Waals surface area contributed by atoms with Crippen molar-refractivity contribution in [1.29, 1.82) is 0 Å². The third kappa shape index (κ3) is 2.14. The number of hydrogen-bond donors (Lipinski definition) is 2. The Bertz CT molecular complexity index is 904. The van der Waals surface area contributed by atoms with E-state index in [9.17, 15) is 19.8 Å². The van der Waals surface area contributed by atoms with Crippen LogP contribution in [-0.4, -0.2) is 22.2 Å². The van der Waals surface area contributed by atoms with Gasteiger partial charge in [0.15, 0.2) is 0 Å². The van der Waals surface area contributed by atoms with Gasteiger partial charge in [0.2, 0.25) is 5.41 Å². The molecule has 0 aromatic heterocycles. The topological polar surface area (TPSA) is 74.6 Å². The molecular formula is C19H16Cl2O4. The predicted octanol–water partition coefficient (Wildman–Crippen LogP) is 4.22. The number of benzene rings is 2. The Morgan fingerprint density at radius 1 is 1.00 bits per heavy atom. The minimum absolute atomic E-state index is 0.0215. The van der Waals surface area contributed by atoms with Crippen LogP contribution in [-0.2, 0) is 26.8 Å². The highest BCUT2D eigenvalue weighted by atomic mass is 35.5. The van der Waals surface area contributed by atoms with Gasteiger partial charge in [-0.2, -0.15) is 0 Å². The van der Waals surface area contributed by atoms with Crippen molar-refractivity contribution in [3.05, 3.63) is 57.6 Å². The molecule has 2 N–H and O–H groups in total. The maximum Gasteiger partial charge on any atom is 0.330 e. The molecule has 3 rings (SSSR count). The molecule has 1 aliphatic carbocycles. The minimum Gasteiger partial charge on any atom is -0.480 e. The van der Waals surface area contributed by atoms with E-state index >= 15 is 0 Å². The average Bonchev–Trinajstić information content (AvgIpc) is 2.87. The van der Waals surface area contributed by atoms with E-state index in [1.54, 1.807) is 18.2 Å². The van der Waals surface area contributed by atoms with Crippen LogP contribution in [0.3, 0.4) is 0 Å². The summed E-state index contributed by atoms with van der Waals surface area (Å²) in [4.78, 5) is 24.7. The summed E-state index contributed by atoms with van der Waals surface area (Å²) in [5, 5.41) is 20.1. The quantitative estimate of drug-likeness (QED) is 0.616. The standard InChI is InChI=1S/C19H16Cl2O4/c1-9-6-13-12-5-3-4-11(7-20)15(12)19(17(22)23,18(24)25)16(13)14(8-21)10(9)2/h3-6H,7-8H2,1-2H3,(H,22,23)(H,24,25). The summed E-state index contributed by atoms with van der Waals surface area (Å²) in [5.74, 6) is -2.82. The Labute approximate surface area is 155 Å². The molecule has 1 aliphatic rings. The van der Waals surface area contributed by atoms with Gasteiger partial charge in [-0.05, 0) is 58.4 Å². The fraction of sp³-hybridized carbons (Fsp3) is 0.263. The Hall–Kier alpha value is -2.04. The van der Waals surface area contributed by atoms with Crippen LogP contribution < -0.4 is 0 Å². The summed E-state index contributed by atoms with van der Waals surface area (Å²) < 4.78 is 0. The first-order valence-corrected chi connectivity index (χ1v) is 8.74. The Morgan fingerprint density at radius 3 is 2.16 bits per heavy atom. The van der Waals surface area contributed by atoms with Crippen molar-refractivity contribution in [2.24, 2.45) is 0 Å². The van der Waals surface area contributed by atoms with Crippen LogP contribution in [0, 0.1) is 13.8 Å². The third-order valence-electron chi connectivity index (χ3n) is 5.09. The molecule has 4 nitrogen and oxygen atoms in total. The van der Waals surface area contributed by atoms with Crippen LogP contribution in [0.5, 0.6) is 0 Å². The number of hydrogen-bond acceptors (Lipinski definition) is 2. The lowest BCUT2D eigenvalue weighted by Crippen LogP contribution is -2.44. The molecule has 0 radical (unpaired) electrons. The Kier molecular flexibility index (Phi) is 4.30. The number of aliphatic carboxylic acids is 2. The number of carboxylic acids is 2. The highest BCUT2D eigenvalue weighted by Gasteiger charge is 2.58. The minimum atomic E-state index is -2.21. The molecule has 0 saturated carbocycles. The van der Waals surface area contributed by atoms with Crippen LogP contribution in [0.2, 0.25) is 0 Å². The number of halogens is 2. The molecule has 0 aliphatic heterocycles. The van der Waals surface area contributed by atoms with E-state index in [0.29, 0.717) is 22.3 Å². The summed E-state index contributed by atoms with van der Waals surface area (Å²) in [6.07, 6.45) is 0. The third-order valence-corrected chi connectivity index (χ3v) is 5.64. The molecule has 0 spiro atoms. The summed E-state index contributed by atoms with van der Waals surface area (Å²) in [6.45, 7) is 3.73. The molecule has 130 valence electrons. The van der Waals surface area contributed by atoms with E-state index in [1.165, 1.54) is 0 Å². The first kappa shape index (κ1) is 17.8. The monoisotopic (exact) mass is 378 g/mol. The van der Waals surface area contributed by atoms with E-state index < -0.39 is 17.4 Å². The van der Waals surface area contributed by atoms with Crippen molar-refractivity contribution in [1.82, 2.24) is 0 Å².